The highest BCUT2D eigenvalue weighted by molar-refractivity contribution is 5.85. The number of nitrogens with zero attached hydrogens (tertiary/aromatic N) is 1. The molecule has 2 aliphatic heterocycles. The van der Waals surface area contributed by atoms with Gasteiger partial charge in [0.1, 0.15) is 5.76 Å². The minimum Gasteiger partial charge on any atom is -0.493 e. The van der Waals surface area contributed by atoms with E-state index in [0.717, 1.165) is 17.7 Å². The molecule has 0 saturated carbocycles. The minimum atomic E-state index is -1.26. The van der Waals surface area contributed by atoms with Crippen LogP contribution in [0.2, 0.25) is 0 Å². The molecule has 0 unspecified atom stereocenters. The SMILES string of the molecule is COc1ccc2c3c1O[C@H]1C(OC(=O)[C@H](C)OC(=O)CCNC(=O)[C@@H](OC(C)=O)c4ccccc4)=CC[C@@]4(O)[C@@H](C2)N(C)CC[C@]314. The number of benzene rings is 2. The predicted molar refractivity (Wildman–Crippen MR) is 162 cm³/mol. The summed E-state index contributed by atoms with van der Waals surface area (Å²) < 4.78 is 28.4. The van der Waals surface area contributed by atoms with Crippen LogP contribution in [0.3, 0.4) is 0 Å². The Morgan fingerprint density at radius 2 is 1.89 bits per heavy atom. The van der Waals surface area contributed by atoms with Crippen molar-refractivity contribution in [1.29, 1.82) is 0 Å². The largest absolute Gasteiger partial charge is 0.493 e. The third-order valence-electron chi connectivity index (χ3n) is 9.67. The third-order valence-corrected chi connectivity index (χ3v) is 9.67. The molecule has 1 fully saturated rings. The number of nitrogens with one attached hydrogen (secondary N) is 1. The Balaban J connectivity index is 1.10. The van der Waals surface area contributed by atoms with Crippen LogP contribution in [-0.2, 0) is 45.2 Å². The van der Waals surface area contributed by atoms with Crippen molar-refractivity contribution in [2.75, 3.05) is 27.2 Å². The lowest BCUT2D eigenvalue weighted by Gasteiger charge is -2.61. The molecule has 1 saturated heterocycles. The maximum atomic E-state index is 13.2. The smallest absolute Gasteiger partial charge is 0.352 e. The van der Waals surface area contributed by atoms with Gasteiger partial charge >= 0.3 is 17.9 Å². The van der Waals surface area contributed by atoms with E-state index in [1.54, 1.807) is 43.5 Å². The molecule has 12 heteroatoms. The van der Waals surface area contributed by atoms with E-state index in [2.05, 4.69) is 10.2 Å². The lowest BCUT2D eigenvalue weighted by Crippen LogP contribution is -2.74. The molecule has 12 nitrogen and oxygen atoms in total. The monoisotopic (exact) mass is 634 g/mol. The van der Waals surface area contributed by atoms with Crippen molar-refractivity contribution in [3.8, 4) is 11.5 Å². The van der Waals surface area contributed by atoms with Crippen LogP contribution in [0, 0.1) is 0 Å². The fourth-order valence-electron chi connectivity index (χ4n) is 7.54. The van der Waals surface area contributed by atoms with Gasteiger partial charge in [-0.15, -0.1) is 0 Å². The van der Waals surface area contributed by atoms with Crippen LogP contribution in [0.5, 0.6) is 11.5 Å². The average molecular weight is 635 g/mol. The summed E-state index contributed by atoms with van der Waals surface area (Å²) in [4.78, 5) is 52.3. The molecule has 2 N–H and O–H groups in total. The number of carbonyl (C=O) groups excluding carboxylic acids is 4. The Hall–Kier alpha value is -4.42. The standard InChI is InChI=1S/C34H38N2O10/c1-19(43-26(38)13-16-35-31(39)28(44-20(2)37)21-8-6-5-7-9-21)32(40)45-24-12-14-34(41)25-18-22-10-11-23(42-4)29-27(22)33(34,30(24)46-29)15-17-36(25)3/h5-12,19,25,28,30,41H,13-18H2,1-4H3,(H,35,39)/t19-,25+,28-,30-,33-,34+/m0/s1. The van der Waals surface area contributed by atoms with Crippen LogP contribution in [0.25, 0.3) is 0 Å². The Labute approximate surface area is 266 Å². The van der Waals surface area contributed by atoms with Crippen molar-refractivity contribution in [3.05, 3.63) is 71.0 Å². The molecule has 2 bridgehead atoms. The summed E-state index contributed by atoms with van der Waals surface area (Å²) in [5, 5.41) is 14.9. The summed E-state index contributed by atoms with van der Waals surface area (Å²) in [7, 11) is 3.57. The van der Waals surface area contributed by atoms with E-state index in [1.165, 1.54) is 13.8 Å². The number of ether oxygens (including phenoxy) is 5. The topological polar surface area (TPSA) is 150 Å². The summed E-state index contributed by atoms with van der Waals surface area (Å²) in [6.45, 7) is 3.22. The van der Waals surface area contributed by atoms with Crippen LogP contribution in [0.1, 0.15) is 55.9 Å². The summed E-state index contributed by atoms with van der Waals surface area (Å²) in [5.41, 5.74) is 0.480. The molecular weight excluding hydrogens is 596 g/mol. The number of hydrogen-bond donors (Lipinski definition) is 2. The zero-order valence-corrected chi connectivity index (χ0v) is 26.2. The van der Waals surface area contributed by atoms with Crippen molar-refractivity contribution in [2.45, 2.75) is 74.9 Å². The molecule has 0 radical (unpaired) electrons. The van der Waals surface area contributed by atoms with Crippen molar-refractivity contribution < 1.29 is 48.0 Å². The van der Waals surface area contributed by atoms with Crippen LogP contribution >= 0.6 is 0 Å². The number of methoxy groups -OCH3 is 1. The fraction of sp³-hybridized carbons (Fsp3) is 0.471. The predicted octanol–water partition coefficient (Wildman–Crippen LogP) is 2.26. The van der Waals surface area contributed by atoms with Gasteiger partial charge in [-0.3, -0.25) is 14.4 Å². The molecule has 6 rings (SSSR count). The normalized spacial score (nSPS) is 26.8. The molecule has 46 heavy (non-hydrogen) atoms. The van der Waals surface area contributed by atoms with Crippen LogP contribution in [-0.4, -0.2) is 84.9 Å². The zero-order chi connectivity index (χ0) is 32.8. The number of esters is 3. The van der Waals surface area contributed by atoms with E-state index < -0.39 is 53.1 Å². The maximum absolute atomic E-state index is 13.2. The van der Waals surface area contributed by atoms with Gasteiger partial charge in [0.25, 0.3) is 5.91 Å². The van der Waals surface area contributed by atoms with Crippen molar-refractivity contribution in [2.24, 2.45) is 0 Å². The molecule has 2 aromatic rings. The van der Waals surface area contributed by atoms with Gasteiger partial charge in [0.05, 0.1) is 24.5 Å². The number of aliphatic hydroxyl groups is 1. The highest BCUT2D eigenvalue weighted by Gasteiger charge is 2.72. The first kappa shape index (κ1) is 31.6. The van der Waals surface area contributed by atoms with Gasteiger partial charge in [-0.1, -0.05) is 36.4 Å². The number of likely N-dealkylation sites (tertiary alicyclic amines) is 1. The quantitative estimate of drug-likeness (QED) is 0.293. The first-order valence-electron chi connectivity index (χ1n) is 15.4. The second-order valence-corrected chi connectivity index (χ2v) is 12.3. The molecule has 6 atom stereocenters. The molecule has 2 aliphatic carbocycles. The number of amides is 1. The van der Waals surface area contributed by atoms with Gasteiger partial charge in [0, 0.05) is 37.1 Å². The molecular formula is C34H38N2O10. The van der Waals surface area contributed by atoms with E-state index >= 15 is 0 Å². The number of carbonyl (C=O) groups is 4. The first-order valence-corrected chi connectivity index (χ1v) is 15.4. The fourth-order valence-corrected chi connectivity index (χ4v) is 7.54. The summed E-state index contributed by atoms with van der Waals surface area (Å²) in [6, 6.07) is 12.2. The van der Waals surface area contributed by atoms with Crippen LogP contribution in [0.15, 0.2) is 54.3 Å². The second-order valence-electron chi connectivity index (χ2n) is 12.3. The lowest BCUT2D eigenvalue weighted by atomic mass is 9.50. The highest BCUT2D eigenvalue weighted by Crippen LogP contribution is 2.65. The minimum absolute atomic E-state index is 0.107. The van der Waals surface area contributed by atoms with Crippen LogP contribution < -0.4 is 14.8 Å². The van der Waals surface area contributed by atoms with E-state index in [4.69, 9.17) is 23.7 Å². The van der Waals surface area contributed by atoms with Gasteiger partial charge in [0.2, 0.25) is 6.10 Å². The lowest BCUT2D eigenvalue weighted by molar-refractivity contribution is -0.175. The van der Waals surface area contributed by atoms with E-state index in [1.807, 2.05) is 19.2 Å². The first-order chi connectivity index (χ1) is 22.0. The van der Waals surface area contributed by atoms with Gasteiger partial charge in [0.15, 0.2) is 23.7 Å². The van der Waals surface area contributed by atoms with E-state index in [-0.39, 0.29) is 31.2 Å². The van der Waals surface area contributed by atoms with Gasteiger partial charge < -0.3 is 39.0 Å². The maximum Gasteiger partial charge on any atom is 0.352 e. The molecule has 4 aliphatic rings. The Morgan fingerprint density at radius 1 is 1.13 bits per heavy atom. The zero-order valence-electron chi connectivity index (χ0n) is 26.2. The van der Waals surface area contributed by atoms with E-state index in [0.29, 0.717) is 29.9 Å². The molecule has 2 aromatic carbocycles. The van der Waals surface area contributed by atoms with Gasteiger partial charge in [-0.05, 0) is 51.1 Å². The summed E-state index contributed by atoms with van der Waals surface area (Å²) >= 11 is 0. The Bertz CT molecular complexity index is 1590. The average Bonchev–Trinajstić information content (AvgIpc) is 3.39. The summed E-state index contributed by atoms with van der Waals surface area (Å²) in [6.07, 6.45) is -0.239. The van der Waals surface area contributed by atoms with Crippen molar-refractivity contribution in [3.63, 3.8) is 0 Å². The van der Waals surface area contributed by atoms with Gasteiger partial charge in [-0.25, -0.2) is 4.79 Å². The second kappa shape index (κ2) is 12.1. The molecule has 1 spiro atoms. The molecule has 2 heterocycles. The Morgan fingerprint density at radius 3 is 2.61 bits per heavy atom. The molecule has 1 amide bonds. The van der Waals surface area contributed by atoms with Crippen LogP contribution in [0.4, 0.5) is 0 Å². The Kier molecular flexibility index (Phi) is 8.28. The number of piperidine rings is 1. The number of likely N-dealkylation sites (N-methyl/N-ethyl adjacent to an activating group) is 1. The van der Waals surface area contributed by atoms with Gasteiger partial charge in [-0.2, -0.15) is 0 Å². The number of rotatable bonds is 10. The molecule has 0 aromatic heterocycles. The summed E-state index contributed by atoms with van der Waals surface area (Å²) in [5.74, 6) is -1.39. The van der Waals surface area contributed by atoms with E-state index in [9.17, 15) is 24.3 Å². The van der Waals surface area contributed by atoms with Crippen molar-refractivity contribution >= 4 is 23.8 Å². The highest BCUT2D eigenvalue weighted by atomic mass is 16.6. The third kappa shape index (κ3) is 5.09. The number of hydrogen-bond acceptors (Lipinski definition) is 11. The molecule has 244 valence electrons. The van der Waals surface area contributed by atoms with Crippen molar-refractivity contribution in [1.82, 2.24) is 10.2 Å².